The van der Waals surface area contributed by atoms with Gasteiger partial charge in [-0.3, -0.25) is 4.79 Å². The van der Waals surface area contributed by atoms with Crippen molar-refractivity contribution in [2.75, 3.05) is 21.3 Å². The lowest BCUT2D eigenvalue weighted by atomic mass is 10.1. The van der Waals surface area contributed by atoms with Crippen molar-refractivity contribution < 1.29 is 19.0 Å². The quantitative estimate of drug-likeness (QED) is 0.547. The first-order valence-corrected chi connectivity index (χ1v) is 7.97. The van der Waals surface area contributed by atoms with Crippen molar-refractivity contribution in [3.63, 3.8) is 0 Å². The molecule has 0 aliphatic heterocycles. The highest BCUT2D eigenvalue weighted by atomic mass is 79.9. The number of carbonyl (C=O) groups excluding carboxylic acids is 1. The molecule has 0 fully saturated rings. The van der Waals surface area contributed by atoms with E-state index in [1.807, 2.05) is 12.1 Å². The molecule has 6 heteroatoms. The molecule has 1 aromatic heterocycles. The van der Waals surface area contributed by atoms with Crippen molar-refractivity contribution in [3.8, 4) is 17.2 Å². The zero-order valence-electron chi connectivity index (χ0n) is 12.4. The molecule has 0 aliphatic rings. The SMILES string of the molecule is COc1cc(C(=O)C=Cc2ccc(Br)s2)cc(OC)c1OC. The van der Waals surface area contributed by atoms with Gasteiger partial charge in [0.1, 0.15) is 0 Å². The summed E-state index contributed by atoms with van der Waals surface area (Å²) in [6, 6.07) is 7.15. The third-order valence-corrected chi connectivity index (χ3v) is 4.53. The molecule has 0 saturated heterocycles. The van der Waals surface area contributed by atoms with Gasteiger partial charge in [0.25, 0.3) is 0 Å². The minimum Gasteiger partial charge on any atom is -0.493 e. The summed E-state index contributed by atoms with van der Waals surface area (Å²) in [4.78, 5) is 13.3. The van der Waals surface area contributed by atoms with E-state index in [2.05, 4.69) is 15.9 Å². The van der Waals surface area contributed by atoms with Gasteiger partial charge in [-0.25, -0.2) is 0 Å². The second-order valence-electron chi connectivity index (χ2n) is 4.25. The molecule has 4 nitrogen and oxygen atoms in total. The molecule has 0 saturated carbocycles. The molecule has 0 bridgehead atoms. The summed E-state index contributed by atoms with van der Waals surface area (Å²) in [7, 11) is 4.56. The van der Waals surface area contributed by atoms with Crippen LogP contribution in [0.15, 0.2) is 34.1 Å². The van der Waals surface area contributed by atoms with E-state index in [9.17, 15) is 4.79 Å². The minimum atomic E-state index is -0.135. The summed E-state index contributed by atoms with van der Waals surface area (Å²) in [6.45, 7) is 0. The second-order valence-corrected chi connectivity index (χ2v) is 6.75. The highest BCUT2D eigenvalue weighted by molar-refractivity contribution is 9.11. The van der Waals surface area contributed by atoms with E-state index in [0.29, 0.717) is 22.8 Å². The average molecular weight is 383 g/mol. The molecule has 0 unspecified atom stereocenters. The predicted molar refractivity (Wildman–Crippen MR) is 91.5 cm³/mol. The fourth-order valence-electron chi connectivity index (χ4n) is 1.90. The lowest BCUT2D eigenvalue weighted by Crippen LogP contribution is -2.00. The monoisotopic (exact) mass is 382 g/mol. The summed E-state index contributed by atoms with van der Waals surface area (Å²) in [6.07, 6.45) is 3.31. The minimum absolute atomic E-state index is 0.135. The number of hydrogen-bond acceptors (Lipinski definition) is 5. The fraction of sp³-hybridized carbons (Fsp3) is 0.188. The number of ketones is 1. The van der Waals surface area contributed by atoms with Gasteiger partial charge in [0.15, 0.2) is 17.3 Å². The molecule has 2 rings (SSSR count). The first-order chi connectivity index (χ1) is 10.6. The normalized spacial score (nSPS) is 10.7. The molecule has 0 amide bonds. The Balaban J connectivity index is 2.31. The van der Waals surface area contributed by atoms with Crippen LogP contribution in [0.2, 0.25) is 0 Å². The molecule has 1 heterocycles. The van der Waals surface area contributed by atoms with Gasteiger partial charge in [0, 0.05) is 10.4 Å². The van der Waals surface area contributed by atoms with Crippen molar-refractivity contribution in [1.29, 1.82) is 0 Å². The molecule has 1 aromatic carbocycles. The van der Waals surface area contributed by atoms with Gasteiger partial charge in [-0.1, -0.05) is 0 Å². The number of rotatable bonds is 6. The Morgan fingerprint density at radius 3 is 2.18 bits per heavy atom. The number of thiophene rings is 1. The molecule has 0 atom stereocenters. The van der Waals surface area contributed by atoms with Crippen molar-refractivity contribution in [3.05, 3.63) is 44.6 Å². The van der Waals surface area contributed by atoms with Crippen molar-refractivity contribution in [1.82, 2.24) is 0 Å². The van der Waals surface area contributed by atoms with Gasteiger partial charge in [0.05, 0.1) is 25.1 Å². The van der Waals surface area contributed by atoms with Crippen molar-refractivity contribution >= 4 is 39.1 Å². The zero-order valence-corrected chi connectivity index (χ0v) is 14.8. The molecular weight excluding hydrogens is 368 g/mol. The summed E-state index contributed by atoms with van der Waals surface area (Å²) >= 11 is 4.95. The Morgan fingerprint density at radius 2 is 1.73 bits per heavy atom. The second kappa shape index (κ2) is 7.47. The van der Waals surface area contributed by atoms with E-state index < -0.39 is 0 Å². The first kappa shape index (κ1) is 16.6. The van der Waals surface area contributed by atoms with Gasteiger partial charge in [0.2, 0.25) is 5.75 Å². The number of hydrogen-bond donors (Lipinski definition) is 0. The van der Waals surface area contributed by atoms with E-state index >= 15 is 0 Å². The predicted octanol–water partition coefficient (Wildman–Crippen LogP) is 4.43. The third-order valence-electron chi connectivity index (χ3n) is 2.94. The van der Waals surface area contributed by atoms with Gasteiger partial charge < -0.3 is 14.2 Å². The van der Waals surface area contributed by atoms with Crippen LogP contribution < -0.4 is 14.2 Å². The Hall–Kier alpha value is -1.79. The van der Waals surface area contributed by atoms with Crippen LogP contribution in [-0.2, 0) is 0 Å². The molecular formula is C16H15BrO4S. The highest BCUT2D eigenvalue weighted by Crippen LogP contribution is 2.38. The Labute approximate surface area is 141 Å². The number of allylic oxidation sites excluding steroid dienone is 1. The molecule has 0 N–H and O–H groups in total. The van der Waals surface area contributed by atoms with Crippen molar-refractivity contribution in [2.24, 2.45) is 0 Å². The third kappa shape index (κ3) is 3.69. The van der Waals surface area contributed by atoms with E-state index in [0.717, 1.165) is 8.66 Å². The van der Waals surface area contributed by atoms with E-state index in [4.69, 9.17) is 14.2 Å². The van der Waals surface area contributed by atoms with Gasteiger partial charge in [-0.2, -0.15) is 0 Å². The van der Waals surface area contributed by atoms with Gasteiger partial charge in [-0.15, -0.1) is 11.3 Å². The maximum Gasteiger partial charge on any atom is 0.203 e. The molecule has 0 radical (unpaired) electrons. The Morgan fingerprint density at radius 1 is 1.09 bits per heavy atom. The average Bonchev–Trinajstić information content (AvgIpc) is 2.96. The lowest BCUT2D eigenvalue weighted by Gasteiger charge is -2.13. The number of ether oxygens (including phenoxy) is 3. The maximum absolute atomic E-state index is 12.3. The van der Waals surface area contributed by atoms with Gasteiger partial charge >= 0.3 is 0 Å². The van der Waals surface area contributed by atoms with Crippen LogP contribution in [0.5, 0.6) is 17.2 Å². The summed E-state index contributed by atoms with van der Waals surface area (Å²) < 4.78 is 16.8. The van der Waals surface area contributed by atoms with E-state index in [1.165, 1.54) is 27.4 Å². The topological polar surface area (TPSA) is 44.8 Å². The standard InChI is InChI=1S/C16H15BrO4S/c1-19-13-8-10(9-14(20-2)16(13)21-3)12(18)6-4-11-5-7-15(17)22-11/h4-9H,1-3H3. The van der Waals surface area contributed by atoms with Crippen LogP contribution in [0.3, 0.4) is 0 Å². The molecule has 0 aliphatic carbocycles. The summed E-state index contributed by atoms with van der Waals surface area (Å²) in [5, 5.41) is 0. The van der Waals surface area contributed by atoms with Crippen LogP contribution in [0.4, 0.5) is 0 Å². The van der Waals surface area contributed by atoms with Crippen molar-refractivity contribution in [2.45, 2.75) is 0 Å². The van der Waals surface area contributed by atoms with Crippen LogP contribution in [0, 0.1) is 0 Å². The lowest BCUT2D eigenvalue weighted by molar-refractivity contribution is 0.104. The number of halogens is 1. The van der Waals surface area contributed by atoms with Gasteiger partial charge in [-0.05, 0) is 52.3 Å². The Kier molecular flexibility index (Phi) is 5.63. The number of methoxy groups -OCH3 is 3. The molecule has 0 spiro atoms. The highest BCUT2D eigenvalue weighted by Gasteiger charge is 2.15. The smallest absolute Gasteiger partial charge is 0.203 e. The Bertz CT molecular complexity index is 681. The fourth-order valence-corrected chi connectivity index (χ4v) is 3.22. The largest absolute Gasteiger partial charge is 0.493 e. The number of benzene rings is 1. The van der Waals surface area contributed by atoms with E-state index in [1.54, 1.807) is 29.5 Å². The van der Waals surface area contributed by atoms with Crippen LogP contribution in [0.25, 0.3) is 6.08 Å². The first-order valence-electron chi connectivity index (χ1n) is 6.36. The maximum atomic E-state index is 12.3. The summed E-state index contributed by atoms with van der Waals surface area (Å²) in [5.41, 5.74) is 0.473. The molecule has 22 heavy (non-hydrogen) atoms. The molecule has 116 valence electrons. The zero-order chi connectivity index (χ0) is 16.1. The van der Waals surface area contributed by atoms with Crippen LogP contribution >= 0.6 is 27.3 Å². The molecule has 2 aromatic rings. The van der Waals surface area contributed by atoms with Crippen LogP contribution in [-0.4, -0.2) is 27.1 Å². The van der Waals surface area contributed by atoms with Crippen LogP contribution in [0.1, 0.15) is 15.2 Å². The summed E-state index contributed by atoms with van der Waals surface area (Å²) in [5.74, 6) is 1.24. The number of carbonyl (C=O) groups is 1. The van der Waals surface area contributed by atoms with E-state index in [-0.39, 0.29) is 5.78 Å².